The van der Waals surface area contributed by atoms with Gasteiger partial charge in [0.25, 0.3) is 0 Å². The Balaban J connectivity index is 1.56. The molecule has 0 aliphatic carbocycles. The second-order valence-electron chi connectivity index (χ2n) is 7.26. The highest BCUT2D eigenvalue weighted by Gasteiger charge is 2.23. The molecule has 8 nitrogen and oxygen atoms in total. The molecule has 3 aromatic rings. The second kappa shape index (κ2) is 7.82. The van der Waals surface area contributed by atoms with E-state index in [-0.39, 0.29) is 11.7 Å². The summed E-state index contributed by atoms with van der Waals surface area (Å²) in [5, 5.41) is 14.4. The summed E-state index contributed by atoms with van der Waals surface area (Å²) in [4.78, 5) is 16.9. The van der Waals surface area contributed by atoms with E-state index in [1.165, 1.54) is 6.08 Å². The number of aromatic nitrogens is 3. The molecule has 1 aliphatic rings. The molecule has 1 aliphatic heterocycles. The zero-order valence-electron chi connectivity index (χ0n) is 16.5. The molecule has 0 radical (unpaired) electrons. The summed E-state index contributed by atoms with van der Waals surface area (Å²) in [6.07, 6.45) is 5.51. The molecule has 1 aromatic carbocycles. The molecule has 0 unspecified atom stereocenters. The summed E-state index contributed by atoms with van der Waals surface area (Å²) in [5.41, 5.74) is 17.0. The van der Waals surface area contributed by atoms with Crippen molar-refractivity contribution in [2.24, 2.45) is 5.73 Å². The average Bonchev–Trinajstić information content (AvgIpc) is 3.30. The molecule has 30 heavy (non-hydrogen) atoms. The predicted molar refractivity (Wildman–Crippen MR) is 116 cm³/mol. The van der Waals surface area contributed by atoms with Crippen LogP contribution in [-0.4, -0.2) is 37.2 Å². The van der Waals surface area contributed by atoms with Crippen molar-refractivity contribution in [2.75, 3.05) is 12.3 Å². The number of amides is 1. The molecular weight excluding hydrogens is 380 g/mol. The second-order valence-corrected chi connectivity index (χ2v) is 7.26. The van der Waals surface area contributed by atoms with Gasteiger partial charge in [-0.1, -0.05) is 18.7 Å². The van der Waals surface area contributed by atoms with Gasteiger partial charge in [0.15, 0.2) is 0 Å². The fourth-order valence-electron chi connectivity index (χ4n) is 3.69. The number of rotatable bonds is 5. The number of nitrogens with zero attached hydrogens (tertiary/aromatic N) is 3. The number of H-pyrrole nitrogens is 1. The van der Waals surface area contributed by atoms with E-state index in [2.05, 4.69) is 16.7 Å². The molecule has 0 atom stereocenters. The lowest BCUT2D eigenvalue weighted by Gasteiger charge is -2.27. The highest BCUT2D eigenvalue weighted by atomic mass is 16.3. The summed E-state index contributed by atoms with van der Waals surface area (Å²) in [6.45, 7) is 5.35. The Labute approximate surface area is 174 Å². The monoisotopic (exact) mass is 404 g/mol. The molecular formula is C22H24N6O2. The normalized spacial score (nSPS) is 13.9. The van der Waals surface area contributed by atoms with Crippen molar-refractivity contribution in [3.8, 4) is 5.75 Å². The summed E-state index contributed by atoms with van der Waals surface area (Å²) in [6, 6.07) is 8.82. The summed E-state index contributed by atoms with van der Waals surface area (Å²) in [7, 11) is 0. The van der Waals surface area contributed by atoms with Crippen LogP contribution in [0.2, 0.25) is 0 Å². The van der Waals surface area contributed by atoms with Crippen LogP contribution in [-0.2, 0) is 24.3 Å². The van der Waals surface area contributed by atoms with E-state index >= 15 is 0 Å². The number of fused-ring (bicyclic) bond motifs is 1. The van der Waals surface area contributed by atoms with Gasteiger partial charge in [-0.15, -0.1) is 0 Å². The third kappa shape index (κ3) is 3.67. The highest BCUT2D eigenvalue weighted by Crippen LogP contribution is 2.26. The van der Waals surface area contributed by atoms with Crippen molar-refractivity contribution in [1.29, 1.82) is 0 Å². The zero-order chi connectivity index (χ0) is 21.3. The maximum atomic E-state index is 12.0. The molecule has 0 saturated carbocycles. The summed E-state index contributed by atoms with van der Waals surface area (Å²) >= 11 is 0. The maximum Gasteiger partial charge on any atom is 0.246 e. The van der Waals surface area contributed by atoms with E-state index in [9.17, 15) is 9.90 Å². The van der Waals surface area contributed by atoms with E-state index in [4.69, 9.17) is 11.5 Å². The number of hydrogen-bond donors (Lipinski definition) is 4. The molecule has 0 saturated heterocycles. The number of phenolic OH excluding ortho intramolecular Hbond substituents is 1. The van der Waals surface area contributed by atoms with Gasteiger partial charge < -0.3 is 26.5 Å². The average molecular weight is 404 g/mol. The Morgan fingerprint density at radius 2 is 2.13 bits per heavy atom. The van der Waals surface area contributed by atoms with Crippen LogP contribution in [0.5, 0.6) is 5.75 Å². The quantitative estimate of drug-likeness (QED) is 0.484. The van der Waals surface area contributed by atoms with E-state index in [0.29, 0.717) is 43.1 Å². The minimum atomic E-state index is -0.0791. The third-order valence-corrected chi connectivity index (χ3v) is 5.29. The van der Waals surface area contributed by atoms with Crippen molar-refractivity contribution < 1.29 is 9.90 Å². The Morgan fingerprint density at radius 3 is 2.90 bits per heavy atom. The molecule has 0 fully saturated rings. The number of nitrogen functional groups attached to an aromatic ring is 1. The van der Waals surface area contributed by atoms with Gasteiger partial charge in [-0.05, 0) is 30.4 Å². The molecule has 2 aromatic heterocycles. The van der Waals surface area contributed by atoms with Crippen molar-refractivity contribution >= 4 is 23.5 Å². The molecule has 6 N–H and O–H groups in total. The summed E-state index contributed by atoms with van der Waals surface area (Å²) in [5.74, 6) is 0.531. The van der Waals surface area contributed by atoms with Crippen molar-refractivity contribution in [3.05, 3.63) is 77.3 Å². The number of nitrogens with two attached hydrogens (primary N) is 2. The topological polar surface area (TPSA) is 126 Å². The van der Waals surface area contributed by atoms with Gasteiger partial charge in [0, 0.05) is 41.0 Å². The number of carbonyl (C=O) groups is 1. The van der Waals surface area contributed by atoms with E-state index in [0.717, 1.165) is 22.5 Å². The minimum Gasteiger partial charge on any atom is -0.507 e. The third-order valence-electron chi connectivity index (χ3n) is 5.29. The van der Waals surface area contributed by atoms with E-state index in [1.807, 2.05) is 23.0 Å². The first-order chi connectivity index (χ1) is 14.5. The predicted octanol–water partition coefficient (Wildman–Crippen LogP) is 2.07. The van der Waals surface area contributed by atoms with Gasteiger partial charge in [0.1, 0.15) is 11.6 Å². The molecule has 8 heteroatoms. The number of anilines is 1. The van der Waals surface area contributed by atoms with E-state index in [1.54, 1.807) is 29.2 Å². The SMILES string of the molecule is C=CC(=O)N1CCn2ncc(Cc3cc(/C=C(\N)c4ccccc4O)c(N)[nH]3)c2C1. The standard InChI is InChI=1S/C22H24N6O2/c1-2-21(30)27-7-8-28-19(13-27)15(12-25-28)10-16-9-14(22(24)26-16)11-18(23)17-5-3-4-6-20(17)29/h2-6,9,11-12,26,29H,1,7-8,10,13,23-24H2/b18-11-. The van der Waals surface area contributed by atoms with Crippen LogP contribution in [0.15, 0.2) is 49.2 Å². The fourth-order valence-corrected chi connectivity index (χ4v) is 3.69. The number of aromatic amines is 1. The highest BCUT2D eigenvalue weighted by molar-refractivity contribution is 5.87. The molecule has 0 bridgehead atoms. The first-order valence-electron chi connectivity index (χ1n) is 9.64. The zero-order valence-corrected chi connectivity index (χ0v) is 16.5. The molecule has 154 valence electrons. The smallest absolute Gasteiger partial charge is 0.246 e. The van der Waals surface area contributed by atoms with Gasteiger partial charge in [-0.2, -0.15) is 5.10 Å². The number of nitrogens with one attached hydrogen (secondary N) is 1. The molecule has 1 amide bonds. The first-order valence-corrected chi connectivity index (χ1v) is 9.64. The van der Waals surface area contributed by atoms with Crippen LogP contribution in [0.25, 0.3) is 11.8 Å². The summed E-state index contributed by atoms with van der Waals surface area (Å²) < 4.78 is 1.94. The number of para-hydroxylation sites is 1. The van der Waals surface area contributed by atoms with Gasteiger partial charge in [-0.25, -0.2) is 0 Å². The van der Waals surface area contributed by atoms with Crippen molar-refractivity contribution in [2.45, 2.75) is 19.5 Å². The Bertz CT molecular complexity index is 1140. The number of phenols is 1. The van der Waals surface area contributed by atoms with Gasteiger partial charge in [-0.3, -0.25) is 9.48 Å². The lowest BCUT2D eigenvalue weighted by atomic mass is 10.1. The number of benzene rings is 1. The minimum absolute atomic E-state index is 0.0791. The molecule has 0 spiro atoms. The van der Waals surface area contributed by atoms with Crippen LogP contribution >= 0.6 is 0 Å². The Morgan fingerprint density at radius 1 is 1.33 bits per heavy atom. The van der Waals surface area contributed by atoms with Crippen LogP contribution in [0.1, 0.15) is 28.1 Å². The fraction of sp³-hybridized carbons (Fsp3) is 0.182. The van der Waals surface area contributed by atoms with Crippen molar-refractivity contribution in [3.63, 3.8) is 0 Å². The lowest BCUT2D eigenvalue weighted by Crippen LogP contribution is -2.37. The van der Waals surface area contributed by atoms with E-state index < -0.39 is 0 Å². The van der Waals surface area contributed by atoms with Crippen LogP contribution < -0.4 is 11.5 Å². The van der Waals surface area contributed by atoms with Gasteiger partial charge in [0.2, 0.25) is 5.91 Å². The number of aromatic hydroxyl groups is 1. The largest absolute Gasteiger partial charge is 0.507 e. The molecule has 3 heterocycles. The van der Waals surface area contributed by atoms with Crippen LogP contribution in [0, 0.1) is 0 Å². The Hall–Kier alpha value is -3.94. The lowest BCUT2D eigenvalue weighted by molar-refractivity contribution is -0.127. The van der Waals surface area contributed by atoms with Crippen LogP contribution in [0.4, 0.5) is 5.82 Å². The first kappa shape index (κ1) is 19.4. The maximum absolute atomic E-state index is 12.0. The molecule has 4 rings (SSSR count). The Kier molecular flexibility index (Phi) is 5.05. The number of carbonyl (C=O) groups excluding carboxylic acids is 1. The van der Waals surface area contributed by atoms with Gasteiger partial charge in [0.05, 0.1) is 25.0 Å². The van der Waals surface area contributed by atoms with Crippen molar-refractivity contribution in [1.82, 2.24) is 19.7 Å². The van der Waals surface area contributed by atoms with Gasteiger partial charge >= 0.3 is 0 Å². The number of hydrogen-bond acceptors (Lipinski definition) is 5. The van der Waals surface area contributed by atoms with Crippen LogP contribution in [0.3, 0.4) is 0 Å².